The van der Waals surface area contributed by atoms with Gasteiger partial charge in [-0.05, 0) is 43.5 Å². The topological polar surface area (TPSA) is 84.9 Å². The van der Waals surface area contributed by atoms with Crippen molar-refractivity contribution >= 4 is 11.7 Å². The minimum atomic E-state index is -0.271. The number of hydrogen-bond donors (Lipinski definition) is 2. The molecule has 0 aliphatic carbocycles. The van der Waals surface area contributed by atoms with Crippen LogP contribution in [0.1, 0.15) is 42.5 Å². The normalized spacial score (nSPS) is 16.2. The average Bonchev–Trinajstić information content (AvgIpc) is 2.67. The molecule has 1 aromatic carbocycles. The van der Waals surface area contributed by atoms with Gasteiger partial charge in [-0.2, -0.15) is 0 Å². The average molecular weight is 349 g/mol. The van der Waals surface area contributed by atoms with Gasteiger partial charge in [0.25, 0.3) is 0 Å². The van der Waals surface area contributed by atoms with Gasteiger partial charge in [0.05, 0.1) is 13.7 Å². The summed E-state index contributed by atoms with van der Waals surface area (Å²) >= 11 is 0. The highest BCUT2D eigenvalue weighted by Gasteiger charge is 2.32. The SMILES string of the molecule is COc1ccc(C(=O)CCCC(=O)NCC2(CO)CCOCC2)cc1. The van der Waals surface area contributed by atoms with Crippen molar-refractivity contribution in [3.05, 3.63) is 29.8 Å². The summed E-state index contributed by atoms with van der Waals surface area (Å²) in [5.41, 5.74) is 0.356. The molecule has 0 atom stereocenters. The van der Waals surface area contributed by atoms with E-state index in [0.29, 0.717) is 50.3 Å². The van der Waals surface area contributed by atoms with E-state index in [1.165, 1.54) is 0 Å². The first-order chi connectivity index (χ1) is 12.1. The zero-order chi connectivity index (χ0) is 18.1. The van der Waals surface area contributed by atoms with Crippen LogP contribution in [0.3, 0.4) is 0 Å². The molecule has 0 unspecified atom stereocenters. The van der Waals surface area contributed by atoms with Gasteiger partial charge >= 0.3 is 0 Å². The molecule has 0 saturated carbocycles. The van der Waals surface area contributed by atoms with E-state index in [-0.39, 0.29) is 23.7 Å². The molecule has 0 bridgehead atoms. The molecule has 1 amide bonds. The zero-order valence-corrected chi connectivity index (χ0v) is 14.8. The second kappa shape index (κ2) is 9.53. The lowest BCUT2D eigenvalue weighted by atomic mass is 9.81. The summed E-state index contributed by atoms with van der Waals surface area (Å²) in [4.78, 5) is 24.1. The molecule has 2 rings (SSSR count). The van der Waals surface area contributed by atoms with E-state index in [0.717, 1.165) is 12.8 Å². The molecule has 0 aromatic heterocycles. The van der Waals surface area contributed by atoms with Crippen molar-refractivity contribution in [2.75, 3.05) is 33.5 Å². The van der Waals surface area contributed by atoms with Crippen molar-refractivity contribution in [1.82, 2.24) is 5.32 Å². The minimum absolute atomic E-state index is 0.0201. The van der Waals surface area contributed by atoms with Gasteiger partial charge in [0, 0.05) is 43.6 Å². The van der Waals surface area contributed by atoms with Crippen molar-refractivity contribution < 1.29 is 24.2 Å². The lowest BCUT2D eigenvalue weighted by molar-refractivity contribution is -0.122. The van der Waals surface area contributed by atoms with Crippen LogP contribution in [0.25, 0.3) is 0 Å². The molecule has 0 radical (unpaired) electrons. The number of Topliss-reactive ketones (excluding diaryl/α,β-unsaturated/α-hetero) is 1. The number of rotatable bonds is 9. The highest BCUT2D eigenvalue weighted by molar-refractivity contribution is 5.96. The van der Waals surface area contributed by atoms with E-state index in [2.05, 4.69) is 5.32 Å². The fourth-order valence-corrected chi connectivity index (χ4v) is 2.90. The number of hydrogen-bond acceptors (Lipinski definition) is 5. The van der Waals surface area contributed by atoms with Crippen LogP contribution in [0.15, 0.2) is 24.3 Å². The van der Waals surface area contributed by atoms with Crippen LogP contribution < -0.4 is 10.1 Å². The fraction of sp³-hybridized carbons (Fsp3) is 0.579. The Balaban J connectivity index is 1.69. The Morgan fingerprint density at radius 2 is 1.88 bits per heavy atom. The van der Waals surface area contributed by atoms with Gasteiger partial charge < -0.3 is 19.9 Å². The predicted molar refractivity (Wildman–Crippen MR) is 93.8 cm³/mol. The summed E-state index contributed by atoms with van der Waals surface area (Å²) in [5, 5.41) is 12.5. The highest BCUT2D eigenvalue weighted by atomic mass is 16.5. The number of amides is 1. The van der Waals surface area contributed by atoms with E-state index in [1.807, 2.05) is 0 Å². The summed E-state index contributed by atoms with van der Waals surface area (Å²) in [7, 11) is 1.58. The maximum atomic E-state index is 12.1. The third-order valence-electron chi connectivity index (χ3n) is 4.77. The summed E-state index contributed by atoms with van der Waals surface area (Å²) in [6.07, 6.45) is 2.64. The first-order valence-electron chi connectivity index (χ1n) is 8.71. The second-order valence-corrected chi connectivity index (χ2v) is 6.55. The zero-order valence-electron chi connectivity index (χ0n) is 14.8. The molecule has 1 aromatic rings. The third-order valence-corrected chi connectivity index (χ3v) is 4.77. The first-order valence-corrected chi connectivity index (χ1v) is 8.71. The maximum Gasteiger partial charge on any atom is 0.220 e. The van der Waals surface area contributed by atoms with E-state index >= 15 is 0 Å². The van der Waals surface area contributed by atoms with Gasteiger partial charge in [0.15, 0.2) is 5.78 Å². The summed E-state index contributed by atoms with van der Waals surface area (Å²) < 4.78 is 10.4. The van der Waals surface area contributed by atoms with Gasteiger partial charge in [0.2, 0.25) is 5.91 Å². The van der Waals surface area contributed by atoms with Crippen molar-refractivity contribution in [2.45, 2.75) is 32.1 Å². The molecule has 1 heterocycles. The molecule has 2 N–H and O–H groups in total. The smallest absolute Gasteiger partial charge is 0.220 e. The van der Waals surface area contributed by atoms with Crippen molar-refractivity contribution in [3.8, 4) is 5.75 Å². The Morgan fingerprint density at radius 1 is 1.20 bits per heavy atom. The van der Waals surface area contributed by atoms with Gasteiger partial charge in [-0.1, -0.05) is 0 Å². The lowest BCUT2D eigenvalue weighted by Gasteiger charge is -2.35. The van der Waals surface area contributed by atoms with Crippen LogP contribution >= 0.6 is 0 Å². The summed E-state index contributed by atoms with van der Waals surface area (Å²) in [5.74, 6) is 0.649. The Labute approximate surface area is 148 Å². The van der Waals surface area contributed by atoms with Crippen molar-refractivity contribution in [3.63, 3.8) is 0 Å². The van der Waals surface area contributed by atoms with Crippen LogP contribution in [-0.2, 0) is 9.53 Å². The first kappa shape index (κ1) is 19.4. The molecule has 1 saturated heterocycles. The van der Waals surface area contributed by atoms with Crippen LogP contribution in [0.2, 0.25) is 0 Å². The molecule has 6 heteroatoms. The number of carbonyl (C=O) groups excluding carboxylic acids is 2. The largest absolute Gasteiger partial charge is 0.497 e. The Hall–Kier alpha value is -1.92. The number of ether oxygens (including phenoxy) is 2. The quantitative estimate of drug-likeness (QED) is 0.666. The van der Waals surface area contributed by atoms with Crippen LogP contribution in [-0.4, -0.2) is 50.3 Å². The summed E-state index contributed by atoms with van der Waals surface area (Å²) in [6.45, 7) is 1.74. The Kier molecular flexibility index (Phi) is 7.40. The second-order valence-electron chi connectivity index (χ2n) is 6.55. The van der Waals surface area contributed by atoms with Gasteiger partial charge in [-0.25, -0.2) is 0 Å². The number of carbonyl (C=O) groups is 2. The number of methoxy groups -OCH3 is 1. The van der Waals surface area contributed by atoms with E-state index in [9.17, 15) is 14.7 Å². The van der Waals surface area contributed by atoms with Crippen LogP contribution in [0, 0.1) is 5.41 Å². The Bertz CT molecular complexity index is 564. The predicted octanol–water partition coefficient (Wildman–Crippen LogP) is 1.95. The Morgan fingerprint density at radius 3 is 2.48 bits per heavy atom. The summed E-state index contributed by atoms with van der Waals surface area (Å²) in [6, 6.07) is 6.97. The number of aliphatic hydroxyl groups is 1. The van der Waals surface area contributed by atoms with Crippen LogP contribution in [0.5, 0.6) is 5.75 Å². The fourth-order valence-electron chi connectivity index (χ4n) is 2.90. The van der Waals surface area contributed by atoms with Gasteiger partial charge in [0.1, 0.15) is 5.75 Å². The lowest BCUT2D eigenvalue weighted by Crippen LogP contribution is -2.43. The molecule has 1 aliphatic heterocycles. The molecule has 25 heavy (non-hydrogen) atoms. The molecular weight excluding hydrogens is 322 g/mol. The van der Waals surface area contributed by atoms with Gasteiger partial charge in [-0.3, -0.25) is 9.59 Å². The minimum Gasteiger partial charge on any atom is -0.497 e. The number of aliphatic hydroxyl groups excluding tert-OH is 1. The molecule has 1 fully saturated rings. The molecule has 6 nitrogen and oxygen atoms in total. The van der Waals surface area contributed by atoms with Crippen molar-refractivity contribution in [1.29, 1.82) is 0 Å². The highest BCUT2D eigenvalue weighted by Crippen LogP contribution is 2.29. The van der Waals surface area contributed by atoms with Crippen molar-refractivity contribution in [2.24, 2.45) is 5.41 Å². The van der Waals surface area contributed by atoms with E-state index in [1.54, 1.807) is 31.4 Å². The molecule has 0 spiro atoms. The third kappa shape index (κ3) is 5.83. The number of nitrogens with one attached hydrogen (secondary N) is 1. The van der Waals surface area contributed by atoms with E-state index in [4.69, 9.17) is 9.47 Å². The van der Waals surface area contributed by atoms with Gasteiger partial charge in [-0.15, -0.1) is 0 Å². The molecule has 1 aliphatic rings. The monoisotopic (exact) mass is 349 g/mol. The standard InChI is InChI=1S/C19H27NO5/c1-24-16-7-5-15(6-8-16)17(22)3-2-4-18(23)20-13-19(14-21)9-11-25-12-10-19/h5-8,21H,2-4,9-14H2,1H3,(H,20,23). The maximum absolute atomic E-state index is 12.1. The molecular formula is C19H27NO5. The van der Waals surface area contributed by atoms with Crippen LogP contribution in [0.4, 0.5) is 0 Å². The number of benzene rings is 1. The van der Waals surface area contributed by atoms with E-state index < -0.39 is 0 Å². The number of ketones is 1. The molecule has 138 valence electrons.